The van der Waals surface area contributed by atoms with Crippen LogP contribution in [-0.2, 0) is 16.0 Å². The quantitative estimate of drug-likeness (QED) is 0.715. The van der Waals surface area contributed by atoms with Crippen LogP contribution in [0.4, 0.5) is 0 Å². The van der Waals surface area contributed by atoms with E-state index in [1.165, 1.54) is 0 Å². The third kappa shape index (κ3) is 3.19. The average Bonchev–Trinajstić information content (AvgIpc) is 3.20. The molecule has 1 aromatic carbocycles. The number of fused-ring (bicyclic) bond motifs is 1. The number of furan rings is 1. The molecule has 1 aliphatic carbocycles. The number of rotatable bonds is 5. The van der Waals surface area contributed by atoms with Crippen molar-refractivity contribution >= 4 is 24.0 Å². The highest BCUT2D eigenvalue weighted by Crippen LogP contribution is 2.47. The van der Waals surface area contributed by atoms with E-state index < -0.39 is 13.1 Å². The van der Waals surface area contributed by atoms with E-state index >= 15 is 0 Å². The first-order chi connectivity index (χ1) is 12.1. The summed E-state index contributed by atoms with van der Waals surface area (Å²) in [6, 6.07) is 7.56. The Hall–Kier alpha value is -1.83. The zero-order valence-electron chi connectivity index (χ0n) is 14.0. The molecule has 2 aromatic rings. The molecule has 4 rings (SSSR count). The van der Waals surface area contributed by atoms with Crippen molar-refractivity contribution in [1.82, 2.24) is 5.32 Å². The summed E-state index contributed by atoms with van der Waals surface area (Å²) in [5.74, 6) is -1.01. The van der Waals surface area contributed by atoms with Gasteiger partial charge in [0.25, 0.3) is 0 Å². The first-order valence-electron chi connectivity index (χ1n) is 8.82. The highest BCUT2D eigenvalue weighted by atomic mass is 16.5. The molecule has 1 saturated carbocycles. The molecule has 1 amide bonds. The second-order valence-corrected chi connectivity index (χ2v) is 7.23. The van der Waals surface area contributed by atoms with Gasteiger partial charge < -0.3 is 24.5 Å². The van der Waals surface area contributed by atoms with Crippen LogP contribution in [0.5, 0.6) is 0 Å². The van der Waals surface area contributed by atoms with E-state index in [-0.39, 0.29) is 17.4 Å². The Morgan fingerprint density at radius 1 is 1.36 bits per heavy atom. The number of ether oxygens (including phenoxy) is 1. The van der Waals surface area contributed by atoms with E-state index in [2.05, 4.69) is 5.32 Å². The van der Waals surface area contributed by atoms with Gasteiger partial charge in [0.05, 0.1) is 17.8 Å². The molecule has 25 heavy (non-hydrogen) atoms. The third-order valence-electron chi connectivity index (χ3n) is 5.48. The highest BCUT2D eigenvalue weighted by molar-refractivity contribution is 6.43. The molecule has 2 fully saturated rings. The standard InChI is InChI=1S/C18H22BNO5/c21-17(13-9-18(10-13)6-3-7-25-18)20-16(19(22)23)8-12-11-24-15-5-2-1-4-14(12)15/h1-2,4-5,11,13,16,22-23H,3,6-10H2,(H,20,21)/t13?,16-,18?/m0/s1. The Bertz CT molecular complexity index is 760. The second-order valence-electron chi connectivity index (χ2n) is 7.23. The molecule has 0 radical (unpaired) electrons. The first kappa shape index (κ1) is 16.6. The van der Waals surface area contributed by atoms with Gasteiger partial charge in [-0.05, 0) is 43.7 Å². The monoisotopic (exact) mass is 343 g/mol. The fourth-order valence-electron chi connectivity index (χ4n) is 4.06. The van der Waals surface area contributed by atoms with Crippen molar-refractivity contribution in [1.29, 1.82) is 0 Å². The zero-order valence-corrected chi connectivity index (χ0v) is 14.0. The Morgan fingerprint density at radius 2 is 2.16 bits per heavy atom. The highest BCUT2D eigenvalue weighted by Gasteiger charge is 2.50. The van der Waals surface area contributed by atoms with Crippen LogP contribution in [0.15, 0.2) is 34.9 Å². The van der Waals surface area contributed by atoms with Gasteiger partial charge in [-0.25, -0.2) is 0 Å². The zero-order chi connectivity index (χ0) is 17.4. The van der Waals surface area contributed by atoms with Gasteiger partial charge in [0, 0.05) is 17.9 Å². The predicted molar refractivity (Wildman–Crippen MR) is 92.7 cm³/mol. The summed E-state index contributed by atoms with van der Waals surface area (Å²) in [5.41, 5.74) is 1.49. The van der Waals surface area contributed by atoms with Crippen molar-refractivity contribution in [2.75, 3.05) is 6.61 Å². The summed E-state index contributed by atoms with van der Waals surface area (Å²) >= 11 is 0. The maximum Gasteiger partial charge on any atom is 0.475 e. The Balaban J connectivity index is 1.41. The van der Waals surface area contributed by atoms with Gasteiger partial charge in [0.15, 0.2) is 0 Å². The maximum absolute atomic E-state index is 12.5. The predicted octanol–water partition coefficient (Wildman–Crippen LogP) is 1.43. The molecule has 2 heterocycles. The van der Waals surface area contributed by atoms with Gasteiger partial charge in [0.1, 0.15) is 5.58 Å². The Kier molecular flexibility index (Phi) is 4.31. The minimum atomic E-state index is -1.63. The fourth-order valence-corrected chi connectivity index (χ4v) is 4.06. The molecule has 7 heteroatoms. The first-order valence-corrected chi connectivity index (χ1v) is 8.82. The summed E-state index contributed by atoms with van der Waals surface area (Å²) < 4.78 is 11.2. The van der Waals surface area contributed by atoms with Gasteiger partial charge in [0.2, 0.25) is 5.91 Å². The number of carbonyl (C=O) groups is 1. The molecule has 1 spiro atoms. The van der Waals surface area contributed by atoms with E-state index in [0.717, 1.165) is 48.8 Å². The second kappa shape index (κ2) is 6.48. The van der Waals surface area contributed by atoms with Crippen LogP contribution < -0.4 is 5.32 Å². The maximum atomic E-state index is 12.5. The topological polar surface area (TPSA) is 91.9 Å². The van der Waals surface area contributed by atoms with Gasteiger partial charge in [-0.15, -0.1) is 0 Å². The van der Waals surface area contributed by atoms with Gasteiger partial charge >= 0.3 is 7.12 Å². The molecule has 1 aliphatic heterocycles. The lowest BCUT2D eigenvalue weighted by Crippen LogP contribution is -2.55. The van der Waals surface area contributed by atoms with Crippen molar-refractivity contribution in [3.63, 3.8) is 0 Å². The average molecular weight is 343 g/mol. The van der Waals surface area contributed by atoms with Crippen molar-refractivity contribution in [3.05, 3.63) is 36.1 Å². The number of para-hydroxylation sites is 1. The number of nitrogens with one attached hydrogen (secondary N) is 1. The van der Waals surface area contributed by atoms with Gasteiger partial charge in [-0.1, -0.05) is 18.2 Å². The Morgan fingerprint density at radius 3 is 2.88 bits per heavy atom. The number of hydrogen-bond donors (Lipinski definition) is 3. The van der Waals surface area contributed by atoms with Crippen LogP contribution >= 0.6 is 0 Å². The largest absolute Gasteiger partial charge is 0.475 e. The van der Waals surface area contributed by atoms with E-state index in [4.69, 9.17) is 9.15 Å². The molecule has 3 N–H and O–H groups in total. The van der Waals surface area contributed by atoms with E-state index in [9.17, 15) is 14.8 Å². The minimum Gasteiger partial charge on any atom is -0.464 e. The smallest absolute Gasteiger partial charge is 0.464 e. The summed E-state index contributed by atoms with van der Waals surface area (Å²) in [7, 11) is -1.63. The van der Waals surface area contributed by atoms with Crippen LogP contribution in [0.3, 0.4) is 0 Å². The van der Waals surface area contributed by atoms with Crippen LogP contribution in [0.2, 0.25) is 0 Å². The molecule has 1 saturated heterocycles. The van der Waals surface area contributed by atoms with Crippen LogP contribution in [0.1, 0.15) is 31.2 Å². The number of benzene rings is 1. The lowest BCUT2D eigenvalue weighted by atomic mass is 9.68. The molecule has 6 nitrogen and oxygen atoms in total. The van der Waals surface area contributed by atoms with Crippen LogP contribution in [0, 0.1) is 5.92 Å². The van der Waals surface area contributed by atoms with Crippen molar-refractivity contribution in [2.45, 2.75) is 43.6 Å². The van der Waals surface area contributed by atoms with Crippen LogP contribution in [0.25, 0.3) is 11.0 Å². The molecular weight excluding hydrogens is 321 g/mol. The lowest BCUT2D eigenvalue weighted by Gasteiger charge is -2.43. The molecule has 0 bridgehead atoms. The van der Waals surface area contributed by atoms with E-state index in [1.807, 2.05) is 24.3 Å². The van der Waals surface area contributed by atoms with Gasteiger partial charge in [-0.3, -0.25) is 4.79 Å². The summed E-state index contributed by atoms with van der Waals surface area (Å²) in [4.78, 5) is 12.5. The third-order valence-corrected chi connectivity index (χ3v) is 5.48. The SMILES string of the molecule is O=C(N[C@@H](Cc1coc2ccccc12)B(O)O)C1CC2(CCCO2)C1. The normalized spacial score (nSPS) is 26.6. The molecule has 1 atom stereocenters. The number of amides is 1. The number of hydrogen-bond acceptors (Lipinski definition) is 5. The summed E-state index contributed by atoms with van der Waals surface area (Å²) in [6.45, 7) is 0.778. The van der Waals surface area contributed by atoms with E-state index in [1.54, 1.807) is 6.26 Å². The molecule has 1 aromatic heterocycles. The van der Waals surface area contributed by atoms with E-state index in [0.29, 0.717) is 6.42 Å². The number of carbonyl (C=O) groups excluding carboxylic acids is 1. The van der Waals surface area contributed by atoms with Crippen molar-refractivity contribution < 1.29 is 24.0 Å². The van der Waals surface area contributed by atoms with Crippen LogP contribution in [-0.4, -0.2) is 41.2 Å². The van der Waals surface area contributed by atoms with Crippen molar-refractivity contribution in [3.8, 4) is 0 Å². The molecule has 0 unspecified atom stereocenters. The van der Waals surface area contributed by atoms with Gasteiger partial charge in [-0.2, -0.15) is 0 Å². The summed E-state index contributed by atoms with van der Waals surface area (Å²) in [6.07, 6.45) is 5.43. The lowest BCUT2D eigenvalue weighted by molar-refractivity contribution is -0.143. The van der Waals surface area contributed by atoms with Crippen molar-refractivity contribution in [2.24, 2.45) is 5.92 Å². The molecule has 132 valence electrons. The Labute approximate surface area is 146 Å². The molecule has 2 aliphatic rings. The fraction of sp³-hybridized carbons (Fsp3) is 0.500. The molecular formula is C18H22BNO5. The minimum absolute atomic E-state index is 0.101. The summed E-state index contributed by atoms with van der Waals surface area (Å²) in [5, 5.41) is 23.1.